The summed E-state index contributed by atoms with van der Waals surface area (Å²) < 4.78 is 0. The van der Waals surface area contributed by atoms with Gasteiger partial charge in [0.05, 0.1) is 0 Å². The molecule has 1 aliphatic carbocycles. The number of rotatable bonds is 3. The maximum atomic E-state index is 6.37. The smallest absolute Gasteiger partial charge is 0.0196 e. The molecule has 2 rings (SSSR count). The van der Waals surface area contributed by atoms with Crippen LogP contribution in [0.25, 0.3) is 0 Å². The highest BCUT2D eigenvalue weighted by Crippen LogP contribution is 2.27. The lowest BCUT2D eigenvalue weighted by Crippen LogP contribution is -2.55. The zero-order valence-electron chi connectivity index (χ0n) is 12.5. The molecule has 0 aromatic carbocycles. The predicted octanol–water partition coefficient (Wildman–Crippen LogP) is 1.92. The molecule has 0 aromatic heterocycles. The van der Waals surface area contributed by atoms with Crippen LogP contribution in [0.3, 0.4) is 0 Å². The molecule has 0 radical (unpaired) electrons. The van der Waals surface area contributed by atoms with Gasteiger partial charge in [0.25, 0.3) is 0 Å². The fourth-order valence-corrected chi connectivity index (χ4v) is 3.43. The Labute approximate surface area is 113 Å². The minimum atomic E-state index is 0.319. The third-order valence-corrected chi connectivity index (χ3v) is 4.80. The molecule has 2 fully saturated rings. The highest BCUT2D eigenvalue weighted by atomic mass is 15.3. The Morgan fingerprint density at radius 2 is 1.61 bits per heavy atom. The van der Waals surface area contributed by atoms with E-state index in [0.29, 0.717) is 11.6 Å². The van der Waals surface area contributed by atoms with Crippen LogP contribution >= 0.6 is 0 Å². The third-order valence-electron chi connectivity index (χ3n) is 4.80. The van der Waals surface area contributed by atoms with Crippen molar-refractivity contribution in [2.24, 2.45) is 11.7 Å². The van der Waals surface area contributed by atoms with Crippen molar-refractivity contribution in [2.45, 2.75) is 58.0 Å². The van der Waals surface area contributed by atoms with Gasteiger partial charge in [0.1, 0.15) is 0 Å². The summed E-state index contributed by atoms with van der Waals surface area (Å²) in [5.41, 5.74) is 6.69. The Bertz CT molecular complexity index is 245. The fraction of sp³-hybridized carbons (Fsp3) is 1.00. The first kappa shape index (κ1) is 14.3. The highest BCUT2D eigenvalue weighted by molar-refractivity contribution is 4.85. The molecule has 3 nitrogen and oxygen atoms in total. The first-order valence-corrected chi connectivity index (χ1v) is 7.70. The maximum Gasteiger partial charge on any atom is 0.0196 e. The van der Waals surface area contributed by atoms with Crippen molar-refractivity contribution in [1.29, 1.82) is 0 Å². The minimum Gasteiger partial charge on any atom is -0.326 e. The van der Waals surface area contributed by atoms with E-state index >= 15 is 0 Å². The molecule has 2 aliphatic rings. The van der Waals surface area contributed by atoms with Gasteiger partial charge in [-0.15, -0.1) is 0 Å². The van der Waals surface area contributed by atoms with Crippen molar-refractivity contribution in [1.82, 2.24) is 9.80 Å². The molecule has 3 heteroatoms. The SMILES string of the molecule is CC(C)(C)N1CCN(CC(N)C2CCCC2)CC1. The lowest BCUT2D eigenvalue weighted by atomic mass is 9.98. The molecule has 106 valence electrons. The molecule has 1 heterocycles. The van der Waals surface area contributed by atoms with Crippen LogP contribution in [0.2, 0.25) is 0 Å². The average Bonchev–Trinajstić information content (AvgIpc) is 2.82. The van der Waals surface area contributed by atoms with Crippen molar-refractivity contribution in [3.8, 4) is 0 Å². The summed E-state index contributed by atoms with van der Waals surface area (Å²) in [6.45, 7) is 12.8. The summed E-state index contributed by atoms with van der Waals surface area (Å²) in [6, 6.07) is 0.411. The fourth-order valence-electron chi connectivity index (χ4n) is 3.43. The first-order valence-electron chi connectivity index (χ1n) is 7.70. The van der Waals surface area contributed by atoms with E-state index in [2.05, 4.69) is 30.6 Å². The van der Waals surface area contributed by atoms with Crippen molar-refractivity contribution < 1.29 is 0 Å². The molecule has 1 saturated heterocycles. The molecule has 0 bridgehead atoms. The van der Waals surface area contributed by atoms with Crippen molar-refractivity contribution in [2.75, 3.05) is 32.7 Å². The molecule has 0 amide bonds. The Morgan fingerprint density at radius 1 is 1.06 bits per heavy atom. The van der Waals surface area contributed by atoms with Crippen LogP contribution in [0.5, 0.6) is 0 Å². The average molecular weight is 253 g/mol. The molecule has 1 aliphatic heterocycles. The van der Waals surface area contributed by atoms with E-state index < -0.39 is 0 Å². The van der Waals surface area contributed by atoms with Gasteiger partial charge in [-0.3, -0.25) is 9.80 Å². The van der Waals surface area contributed by atoms with Crippen LogP contribution in [-0.4, -0.2) is 54.1 Å². The van der Waals surface area contributed by atoms with Gasteiger partial charge in [0.2, 0.25) is 0 Å². The van der Waals surface area contributed by atoms with Crippen LogP contribution < -0.4 is 5.73 Å². The molecule has 0 aromatic rings. The first-order chi connectivity index (χ1) is 8.47. The van der Waals surface area contributed by atoms with Gasteiger partial charge in [-0.2, -0.15) is 0 Å². The van der Waals surface area contributed by atoms with Gasteiger partial charge in [0.15, 0.2) is 0 Å². The van der Waals surface area contributed by atoms with E-state index in [1.807, 2.05) is 0 Å². The topological polar surface area (TPSA) is 32.5 Å². The lowest BCUT2D eigenvalue weighted by molar-refractivity contribution is 0.0571. The van der Waals surface area contributed by atoms with Crippen molar-refractivity contribution in [3.05, 3.63) is 0 Å². The van der Waals surface area contributed by atoms with Gasteiger partial charge < -0.3 is 5.73 Å². The Morgan fingerprint density at radius 3 is 2.11 bits per heavy atom. The van der Waals surface area contributed by atoms with Gasteiger partial charge in [-0.1, -0.05) is 12.8 Å². The van der Waals surface area contributed by atoms with Gasteiger partial charge in [0, 0.05) is 44.3 Å². The van der Waals surface area contributed by atoms with E-state index in [0.717, 1.165) is 12.5 Å². The second-order valence-electron chi connectivity index (χ2n) is 7.17. The summed E-state index contributed by atoms with van der Waals surface area (Å²) in [5.74, 6) is 0.797. The summed E-state index contributed by atoms with van der Waals surface area (Å²) >= 11 is 0. The number of piperazine rings is 1. The molecule has 2 N–H and O–H groups in total. The van der Waals surface area contributed by atoms with Crippen molar-refractivity contribution in [3.63, 3.8) is 0 Å². The Kier molecular flexibility index (Phi) is 4.68. The molecule has 1 saturated carbocycles. The largest absolute Gasteiger partial charge is 0.326 e. The Hall–Kier alpha value is -0.120. The lowest BCUT2D eigenvalue weighted by Gasteiger charge is -2.43. The third kappa shape index (κ3) is 3.69. The normalized spacial score (nSPS) is 26.7. The van der Waals surface area contributed by atoms with Gasteiger partial charge in [-0.05, 0) is 39.5 Å². The number of nitrogens with zero attached hydrogens (tertiary/aromatic N) is 2. The number of hydrogen-bond acceptors (Lipinski definition) is 3. The molecule has 0 spiro atoms. The summed E-state index contributed by atoms with van der Waals surface area (Å²) in [6.07, 6.45) is 5.53. The zero-order valence-corrected chi connectivity index (χ0v) is 12.5. The minimum absolute atomic E-state index is 0.319. The monoisotopic (exact) mass is 253 g/mol. The standard InChI is InChI=1S/C15H31N3/c1-15(2,3)18-10-8-17(9-11-18)12-14(16)13-6-4-5-7-13/h13-14H,4-12,16H2,1-3H3. The predicted molar refractivity (Wildman–Crippen MR) is 77.7 cm³/mol. The summed E-state index contributed by atoms with van der Waals surface area (Å²) in [4.78, 5) is 5.16. The quantitative estimate of drug-likeness (QED) is 0.834. The van der Waals surface area contributed by atoms with Crippen LogP contribution in [0.4, 0.5) is 0 Å². The highest BCUT2D eigenvalue weighted by Gasteiger charge is 2.28. The number of nitrogens with two attached hydrogens (primary N) is 1. The van der Waals surface area contributed by atoms with E-state index in [1.165, 1.54) is 51.9 Å². The van der Waals surface area contributed by atoms with E-state index in [4.69, 9.17) is 5.73 Å². The van der Waals surface area contributed by atoms with Gasteiger partial charge >= 0.3 is 0 Å². The molecule has 1 atom stereocenters. The van der Waals surface area contributed by atoms with Gasteiger partial charge in [-0.25, -0.2) is 0 Å². The zero-order chi connectivity index (χ0) is 13.2. The molecular formula is C15H31N3. The number of hydrogen-bond donors (Lipinski definition) is 1. The second-order valence-corrected chi connectivity index (χ2v) is 7.17. The Balaban J connectivity index is 1.73. The maximum absolute atomic E-state index is 6.37. The summed E-state index contributed by atoms with van der Waals surface area (Å²) in [5, 5.41) is 0. The van der Waals surface area contributed by atoms with Crippen LogP contribution in [0, 0.1) is 5.92 Å². The van der Waals surface area contributed by atoms with E-state index in [1.54, 1.807) is 0 Å². The van der Waals surface area contributed by atoms with Crippen molar-refractivity contribution >= 4 is 0 Å². The van der Waals surface area contributed by atoms with Crippen LogP contribution in [0.1, 0.15) is 46.5 Å². The second kappa shape index (κ2) is 5.89. The molecule has 18 heavy (non-hydrogen) atoms. The van der Waals surface area contributed by atoms with Crippen LogP contribution in [0.15, 0.2) is 0 Å². The van der Waals surface area contributed by atoms with E-state index in [-0.39, 0.29) is 0 Å². The molecule has 1 unspecified atom stereocenters. The van der Waals surface area contributed by atoms with E-state index in [9.17, 15) is 0 Å². The summed E-state index contributed by atoms with van der Waals surface area (Å²) in [7, 11) is 0. The van der Waals surface area contributed by atoms with Crippen LogP contribution in [-0.2, 0) is 0 Å². The molecular weight excluding hydrogens is 222 g/mol.